The van der Waals surface area contributed by atoms with Crippen molar-refractivity contribution in [3.63, 3.8) is 0 Å². The fourth-order valence-electron chi connectivity index (χ4n) is 2.70. The number of nitrogens with zero attached hydrogens (tertiary/aromatic N) is 1. The van der Waals surface area contributed by atoms with E-state index >= 15 is 0 Å². The first-order valence-corrected chi connectivity index (χ1v) is 10.5. The van der Waals surface area contributed by atoms with Gasteiger partial charge in [-0.2, -0.15) is 0 Å². The highest BCUT2D eigenvalue weighted by Gasteiger charge is 2.25. The number of amides is 2. The first-order valence-electron chi connectivity index (χ1n) is 8.50. The first-order chi connectivity index (χ1) is 12.9. The molecule has 2 heterocycles. The van der Waals surface area contributed by atoms with Crippen molar-refractivity contribution in [2.75, 3.05) is 16.8 Å². The molecule has 0 saturated heterocycles. The zero-order valence-electron chi connectivity index (χ0n) is 15.0. The van der Waals surface area contributed by atoms with Gasteiger partial charge >= 0.3 is 0 Å². The predicted octanol–water partition coefficient (Wildman–Crippen LogP) is 3.54. The third-order valence-electron chi connectivity index (χ3n) is 4.07. The van der Waals surface area contributed by atoms with Crippen LogP contribution in [0.4, 0.5) is 10.2 Å². The molecular formula is C18H20FN3O3S2. The molecule has 0 bridgehead atoms. The van der Waals surface area contributed by atoms with Crippen LogP contribution >= 0.6 is 23.5 Å². The Morgan fingerprint density at radius 3 is 3.04 bits per heavy atom. The van der Waals surface area contributed by atoms with E-state index in [4.69, 9.17) is 4.52 Å². The van der Waals surface area contributed by atoms with E-state index in [9.17, 15) is 14.0 Å². The number of rotatable bonds is 6. The highest BCUT2D eigenvalue weighted by Crippen LogP contribution is 2.37. The van der Waals surface area contributed by atoms with E-state index in [2.05, 4.69) is 15.8 Å². The minimum atomic E-state index is -0.431. The van der Waals surface area contributed by atoms with Crippen LogP contribution in [0, 0.1) is 12.7 Å². The summed E-state index contributed by atoms with van der Waals surface area (Å²) >= 11 is 2.70. The maximum Gasteiger partial charge on any atom is 0.238 e. The molecule has 0 saturated carbocycles. The summed E-state index contributed by atoms with van der Waals surface area (Å²) in [5.41, 5.74) is 0.816. The fraction of sp³-hybridized carbons (Fsp3) is 0.389. The minimum Gasteiger partial charge on any atom is -0.360 e. The number of aromatic nitrogens is 1. The number of carbonyl (C=O) groups excluding carboxylic acids is 2. The average molecular weight is 410 g/mol. The van der Waals surface area contributed by atoms with Gasteiger partial charge < -0.3 is 15.2 Å². The van der Waals surface area contributed by atoms with Gasteiger partial charge in [0.1, 0.15) is 11.6 Å². The Balaban J connectivity index is 1.50. The second-order valence-corrected chi connectivity index (χ2v) is 8.61. The molecule has 1 aromatic heterocycles. The number of benzene rings is 1. The van der Waals surface area contributed by atoms with E-state index in [1.165, 1.54) is 29.6 Å². The number of nitrogens with one attached hydrogen (secondary N) is 2. The minimum absolute atomic E-state index is 0.140. The SMILES string of the molecule is Cc1cc(NC(=O)[C@H](C)SCC(=O)N[C@@H]2CCSc3c(F)cccc32)no1. The van der Waals surface area contributed by atoms with Crippen molar-refractivity contribution in [3.8, 4) is 0 Å². The Hall–Kier alpha value is -2.00. The third kappa shape index (κ3) is 5.04. The molecule has 0 radical (unpaired) electrons. The number of aryl methyl sites for hydroxylation is 1. The van der Waals surface area contributed by atoms with Crippen LogP contribution < -0.4 is 10.6 Å². The number of fused-ring (bicyclic) bond motifs is 1. The number of thioether (sulfide) groups is 2. The van der Waals surface area contributed by atoms with Crippen molar-refractivity contribution < 1.29 is 18.5 Å². The van der Waals surface area contributed by atoms with Gasteiger partial charge in [-0.25, -0.2) is 4.39 Å². The van der Waals surface area contributed by atoms with Crippen LogP contribution in [0.15, 0.2) is 33.7 Å². The summed E-state index contributed by atoms with van der Waals surface area (Å²) in [5, 5.41) is 8.88. The number of anilines is 1. The molecule has 3 rings (SSSR count). The van der Waals surface area contributed by atoms with E-state index < -0.39 is 5.25 Å². The molecule has 1 aliphatic heterocycles. The van der Waals surface area contributed by atoms with Crippen LogP contribution in [0.25, 0.3) is 0 Å². The summed E-state index contributed by atoms with van der Waals surface area (Å²) < 4.78 is 18.8. The second-order valence-electron chi connectivity index (χ2n) is 6.18. The quantitative estimate of drug-likeness (QED) is 0.759. The lowest BCUT2D eigenvalue weighted by Crippen LogP contribution is -2.33. The van der Waals surface area contributed by atoms with Gasteiger partial charge in [0.25, 0.3) is 0 Å². The van der Waals surface area contributed by atoms with Gasteiger partial charge in [-0.15, -0.1) is 23.5 Å². The largest absolute Gasteiger partial charge is 0.360 e. The van der Waals surface area contributed by atoms with Gasteiger partial charge in [0, 0.05) is 16.7 Å². The number of halogens is 1. The van der Waals surface area contributed by atoms with Crippen LogP contribution in [0.5, 0.6) is 0 Å². The van der Waals surface area contributed by atoms with Gasteiger partial charge in [0.15, 0.2) is 5.82 Å². The first kappa shape index (κ1) is 19.8. The zero-order valence-corrected chi connectivity index (χ0v) is 16.6. The fourth-order valence-corrected chi connectivity index (χ4v) is 4.54. The summed E-state index contributed by atoms with van der Waals surface area (Å²) in [5.74, 6) is 1.17. The molecule has 144 valence electrons. The lowest BCUT2D eigenvalue weighted by molar-refractivity contribution is -0.119. The van der Waals surface area contributed by atoms with Crippen LogP contribution in [0.1, 0.15) is 30.7 Å². The smallest absolute Gasteiger partial charge is 0.238 e. The Morgan fingerprint density at radius 1 is 1.48 bits per heavy atom. The molecule has 1 aliphatic rings. The van der Waals surface area contributed by atoms with Crippen LogP contribution in [0.2, 0.25) is 0 Å². The van der Waals surface area contributed by atoms with Crippen molar-refractivity contribution >= 4 is 41.2 Å². The van der Waals surface area contributed by atoms with Crippen molar-refractivity contribution in [3.05, 3.63) is 41.4 Å². The van der Waals surface area contributed by atoms with Gasteiger partial charge in [-0.05, 0) is 31.9 Å². The molecule has 6 nitrogen and oxygen atoms in total. The molecule has 2 aromatic rings. The predicted molar refractivity (Wildman–Crippen MR) is 104 cm³/mol. The summed E-state index contributed by atoms with van der Waals surface area (Å²) in [4.78, 5) is 25.0. The van der Waals surface area contributed by atoms with E-state index in [1.54, 1.807) is 26.0 Å². The molecule has 0 fully saturated rings. The van der Waals surface area contributed by atoms with E-state index in [0.29, 0.717) is 16.5 Å². The Morgan fingerprint density at radius 2 is 2.30 bits per heavy atom. The highest BCUT2D eigenvalue weighted by molar-refractivity contribution is 8.01. The maximum absolute atomic E-state index is 13.9. The third-order valence-corrected chi connectivity index (χ3v) is 6.38. The Bertz CT molecular complexity index is 843. The number of carbonyl (C=O) groups is 2. The van der Waals surface area contributed by atoms with Crippen molar-refractivity contribution in [1.82, 2.24) is 10.5 Å². The van der Waals surface area contributed by atoms with Gasteiger partial charge in [0.05, 0.1) is 17.0 Å². The van der Waals surface area contributed by atoms with Crippen LogP contribution in [-0.2, 0) is 9.59 Å². The Labute approximate surface area is 165 Å². The molecule has 0 spiro atoms. The number of hydrogen-bond donors (Lipinski definition) is 2. The molecule has 0 unspecified atom stereocenters. The summed E-state index contributed by atoms with van der Waals surface area (Å²) in [6.07, 6.45) is 0.749. The van der Waals surface area contributed by atoms with Gasteiger partial charge in [-0.3, -0.25) is 9.59 Å². The molecular weight excluding hydrogens is 389 g/mol. The lowest BCUT2D eigenvalue weighted by Gasteiger charge is -2.26. The molecule has 9 heteroatoms. The van der Waals surface area contributed by atoms with E-state index in [1.807, 2.05) is 6.07 Å². The molecule has 0 aliphatic carbocycles. The van der Waals surface area contributed by atoms with Crippen molar-refractivity contribution in [2.45, 2.75) is 36.5 Å². The van der Waals surface area contributed by atoms with Crippen molar-refractivity contribution in [1.29, 1.82) is 0 Å². The summed E-state index contributed by atoms with van der Waals surface area (Å²) in [6, 6.07) is 6.36. The van der Waals surface area contributed by atoms with E-state index in [0.717, 1.165) is 17.7 Å². The monoisotopic (exact) mass is 409 g/mol. The second kappa shape index (κ2) is 8.79. The zero-order chi connectivity index (χ0) is 19.4. The highest BCUT2D eigenvalue weighted by atomic mass is 32.2. The maximum atomic E-state index is 13.9. The van der Waals surface area contributed by atoms with E-state index in [-0.39, 0.29) is 29.4 Å². The van der Waals surface area contributed by atoms with Crippen LogP contribution in [-0.4, -0.2) is 33.7 Å². The average Bonchev–Trinajstić information content (AvgIpc) is 3.05. The molecule has 2 atom stereocenters. The topological polar surface area (TPSA) is 84.2 Å². The Kier molecular flexibility index (Phi) is 6.43. The molecule has 2 amide bonds. The summed E-state index contributed by atoms with van der Waals surface area (Å²) in [6.45, 7) is 3.46. The van der Waals surface area contributed by atoms with Crippen molar-refractivity contribution in [2.24, 2.45) is 0 Å². The van der Waals surface area contributed by atoms with Gasteiger partial charge in [-0.1, -0.05) is 17.3 Å². The number of hydrogen-bond acceptors (Lipinski definition) is 6. The standard InChI is InChI=1S/C18H20FN3O3S2/c1-10-8-15(22-25-10)21-18(24)11(2)27-9-16(23)20-14-6-7-26-17-12(14)4-3-5-13(17)19/h3-5,8,11,14H,6-7,9H2,1-2H3,(H,20,23)(H,21,22,24)/t11-,14+/m0/s1. The lowest BCUT2D eigenvalue weighted by atomic mass is 10.0. The molecule has 1 aromatic carbocycles. The van der Waals surface area contributed by atoms with Crippen LogP contribution in [0.3, 0.4) is 0 Å². The molecule has 27 heavy (non-hydrogen) atoms. The normalized spacial score (nSPS) is 17.1. The summed E-state index contributed by atoms with van der Waals surface area (Å²) in [7, 11) is 0. The molecule has 2 N–H and O–H groups in total. The van der Waals surface area contributed by atoms with Gasteiger partial charge in [0.2, 0.25) is 11.8 Å².